The standard InChI is InChI=1S/C16H33NSi/c1-10-12-17(16(9)11-2)18(13(3)4,14(5)6)15(7)8/h10-15H,1-9H3. The van der Waals surface area contributed by atoms with Crippen LogP contribution >= 0.6 is 0 Å². The van der Waals surface area contributed by atoms with Crippen LogP contribution in [0.1, 0.15) is 62.3 Å². The Hall–Kier alpha value is -0.503. The van der Waals surface area contributed by atoms with Crippen LogP contribution in [0.4, 0.5) is 0 Å². The first-order chi connectivity index (χ1) is 8.26. The zero-order valence-electron chi connectivity index (χ0n) is 13.9. The van der Waals surface area contributed by atoms with Crippen molar-refractivity contribution in [2.24, 2.45) is 0 Å². The molecular weight excluding hydrogens is 234 g/mol. The summed E-state index contributed by atoms with van der Waals surface area (Å²) in [6.45, 7) is 21.0. The molecule has 0 aromatic heterocycles. The van der Waals surface area contributed by atoms with Gasteiger partial charge in [0, 0.05) is 5.70 Å². The van der Waals surface area contributed by atoms with Gasteiger partial charge in [-0.2, -0.15) is 0 Å². The second-order valence-electron chi connectivity index (χ2n) is 6.13. The van der Waals surface area contributed by atoms with Crippen molar-refractivity contribution in [1.29, 1.82) is 0 Å². The molecule has 0 heterocycles. The molecule has 2 heteroatoms. The zero-order valence-corrected chi connectivity index (χ0v) is 14.9. The molecule has 0 amide bonds. The molecule has 0 spiro atoms. The molecule has 0 aliphatic heterocycles. The Labute approximate surface area is 116 Å². The molecule has 0 aliphatic rings. The molecule has 0 aliphatic carbocycles. The van der Waals surface area contributed by atoms with Gasteiger partial charge >= 0.3 is 0 Å². The van der Waals surface area contributed by atoms with Crippen molar-refractivity contribution in [2.75, 3.05) is 0 Å². The molecule has 0 N–H and O–H groups in total. The van der Waals surface area contributed by atoms with Crippen LogP contribution in [0.5, 0.6) is 0 Å². The molecule has 0 aromatic carbocycles. The van der Waals surface area contributed by atoms with Gasteiger partial charge in [-0.3, -0.25) is 0 Å². The summed E-state index contributed by atoms with van der Waals surface area (Å²) < 4.78 is 2.63. The van der Waals surface area contributed by atoms with Crippen molar-refractivity contribution < 1.29 is 0 Å². The van der Waals surface area contributed by atoms with Gasteiger partial charge in [-0.25, -0.2) is 0 Å². The monoisotopic (exact) mass is 267 g/mol. The van der Waals surface area contributed by atoms with Crippen LogP contribution in [0, 0.1) is 0 Å². The molecule has 18 heavy (non-hydrogen) atoms. The minimum absolute atomic E-state index is 0.739. The van der Waals surface area contributed by atoms with E-state index in [-0.39, 0.29) is 0 Å². The third kappa shape index (κ3) is 3.08. The average molecular weight is 268 g/mol. The average Bonchev–Trinajstić information content (AvgIpc) is 2.26. The lowest BCUT2D eigenvalue weighted by Gasteiger charge is -2.51. The predicted molar refractivity (Wildman–Crippen MR) is 87.1 cm³/mol. The van der Waals surface area contributed by atoms with E-state index in [1.54, 1.807) is 0 Å². The van der Waals surface area contributed by atoms with E-state index in [4.69, 9.17) is 0 Å². The smallest absolute Gasteiger partial charge is 0.168 e. The maximum atomic E-state index is 2.63. The molecule has 0 fully saturated rings. The predicted octanol–water partition coefficient (Wildman–Crippen LogP) is 5.92. The maximum Gasteiger partial charge on any atom is 0.168 e. The molecule has 0 unspecified atom stereocenters. The van der Waals surface area contributed by atoms with Crippen LogP contribution < -0.4 is 0 Å². The third-order valence-electron chi connectivity index (χ3n) is 4.29. The normalized spacial score (nSPS) is 14.3. The van der Waals surface area contributed by atoms with Gasteiger partial charge in [0.1, 0.15) is 0 Å². The van der Waals surface area contributed by atoms with Crippen molar-refractivity contribution in [3.8, 4) is 0 Å². The van der Waals surface area contributed by atoms with E-state index in [0.29, 0.717) is 0 Å². The van der Waals surface area contributed by atoms with Gasteiger partial charge in [0.05, 0.1) is 0 Å². The Bertz CT molecular complexity index is 278. The summed E-state index contributed by atoms with van der Waals surface area (Å²) in [4.78, 5) is 0. The van der Waals surface area contributed by atoms with Gasteiger partial charge < -0.3 is 4.57 Å². The minimum Gasteiger partial charge on any atom is -0.378 e. The molecule has 0 bridgehead atoms. The second-order valence-corrected chi connectivity index (χ2v) is 11.9. The molecule has 0 saturated carbocycles. The summed E-state index contributed by atoms with van der Waals surface area (Å²) >= 11 is 0. The largest absolute Gasteiger partial charge is 0.378 e. The van der Waals surface area contributed by atoms with Gasteiger partial charge in [0.25, 0.3) is 0 Å². The fraction of sp³-hybridized carbons (Fsp3) is 0.750. The SMILES string of the molecule is CC=CN(C(C)=CC)[Si](C(C)C)(C(C)C)C(C)C. The summed E-state index contributed by atoms with van der Waals surface area (Å²) in [7, 11) is -1.58. The number of nitrogens with zero attached hydrogens (tertiary/aromatic N) is 1. The lowest BCUT2D eigenvalue weighted by Crippen LogP contribution is -2.57. The van der Waals surface area contributed by atoms with E-state index < -0.39 is 8.24 Å². The topological polar surface area (TPSA) is 3.24 Å². The first-order valence-electron chi connectivity index (χ1n) is 7.31. The number of allylic oxidation sites excluding steroid dienone is 3. The van der Waals surface area contributed by atoms with E-state index in [1.807, 2.05) is 0 Å². The molecule has 0 saturated heterocycles. The van der Waals surface area contributed by atoms with Crippen molar-refractivity contribution in [2.45, 2.75) is 78.9 Å². The Balaban J connectivity index is 5.93. The Kier molecular flexibility index (Phi) is 6.98. The molecule has 0 aromatic rings. The molecule has 0 atom stereocenters. The van der Waals surface area contributed by atoms with Crippen LogP contribution in [0.15, 0.2) is 24.0 Å². The van der Waals surface area contributed by atoms with Crippen LogP contribution in [0.2, 0.25) is 16.6 Å². The lowest BCUT2D eigenvalue weighted by atomic mass is 10.4. The quantitative estimate of drug-likeness (QED) is 0.540. The van der Waals surface area contributed by atoms with Crippen molar-refractivity contribution in [3.63, 3.8) is 0 Å². The first-order valence-corrected chi connectivity index (χ1v) is 9.49. The van der Waals surface area contributed by atoms with E-state index in [1.165, 1.54) is 5.70 Å². The van der Waals surface area contributed by atoms with Gasteiger partial charge in [-0.15, -0.1) is 0 Å². The molecular formula is C16H33NSi. The summed E-state index contributed by atoms with van der Waals surface area (Å²) in [5, 5.41) is 0. The van der Waals surface area contributed by atoms with E-state index in [9.17, 15) is 0 Å². The summed E-state index contributed by atoms with van der Waals surface area (Å²) in [5.74, 6) is 0. The second kappa shape index (κ2) is 7.18. The Morgan fingerprint density at radius 2 is 1.28 bits per heavy atom. The van der Waals surface area contributed by atoms with Gasteiger partial charge in [-0.1, -0.05) is 53.7 Å². The number of rotatable bonds is 6. The summed E-state index contributed by atoms with van der Waals surface area (Å²) in [5.41, 5.74) is 3.62. The lowest BCUT2D eigenvalue weighted by molar-refractivity contribution is 0.589. The van der Waals surface area contributed by atoms with E-state index in [2.05, 4.69) is 85.2 Å². The molecule has 106 valence electrons. The van der Waals surface area contributed by atoms with Crippen LogP contribution in [-0.4, -0.2) is 12.8 Å². The van der Waals surface area contributed by atoms with Crippen LogP contribution in [0.3, 0.4) is 0 Å². The van der Waals surface area contributed by atoms with Crippen LogP contribution in [0.25, 0.3) is 0 Å². The van der Waals surface area contributed by atoms with Gasteiger partial charge in [0.15, 0.2) is 8.24 Å². The first kappa shape index (κ1) is 17.5. The highest BCUT2D eigenvalue weighted by Gasteiger charge is 2.47. The Morgan fingerprint density at radius 3 is 1.50 bits per heavy atom. The highest BCUT2D eigenvalue weighted by atomic mass is 28.3. The van der Waals surface area contributed by atoms with E-state index >= 15 is 0 Å². The van der Waals surface area contributed by atoms with Crippen molar-refractivity contribution in [3.05, 3.63) is 24.0 Å². The van der Waals surface area contributed by atoms with Crippen molar-refractivity contribution in [1.82, 2.24) is 4.57 Å². The maximum absolute atomic E-state index is 2.63. The molecule has 0 radical (unpaired) electrons. The Morgan fingerprint density at radius 1 is 0.889 bits per heavy atom. The van der Waals surface area contributed by atoms with Crippen LogP contribution in [-0.2, 0) is 0 Å². The number of hydrogen-bond acceptors (Lipinski definition) is 1. The fourth-order valence-corrected chi connectivity index (χ4v) is 10.5. The zero-order chi connectivity index (χ0) is 14.5. The summed E-state index contributed by atoms with van der Waals surface area (Å²) in [6.07, 6.45) is 6.73. The molecule has 0 rings (SSSR count). The van der Waals surface area contributed by atoms with E-state index in [0.717, 1.165) is 16.6 Å². The molecule has 1 nitrogen and oxygen atoms in total. The van der Waals surface area contributed by atoms with Gasteiger partial charge in [-0.05, 0) is 43.6 Å². The van der Waals surface area contributed by atoms with Gasteiger partial charge in [0.2, 0.25) is 0 Å². The highest BCUT2D eigenvalue weighted by Crippen LogP contribution is 2.45. The third-order valence-corrected chi connectivity index (χ3v) is 11.2. The number of hydrogen-bond donors (Lipinski definition) is 0. The minimum atomic E-state index is -1.58. The summed E-state index contributed by atoms with van der Waals surface area (Å²) in [6, 6.07) is 0. The van der Waals surface area contributed by atoms with Crippen molar-refractivity contribution >= 4 is 8.24 Å². The fourth-order valence-electron chi connectivity index (χ4n) is 3.67. The highest BCUT2D eigenvalue weighted by molar-refractivity contribution is 6.81.